The van der Waals surface area contributed by atoms with E-state index < -0.39 is 5.91 Å². The molecule has 0 saturated carbocycles. The third kappa shape index (κ3) is 2.92. The van der Waals surface area contributed by atoms with Crippen molar-refractivity contribution in [3.63, 3.8) is 0 Å². The lowest BCUT2D eigenvalue weighted by atomic mass is 10.1. The molecule has 1 N–H and O–H groups in total. The zero-order valence-electron chi connectivity index (χ0n) is 9.62. The van der Waals surface area contributed by atoms with Crippen molar-refractivity contribution in [3.05, 3.63) is 0 Å². The average molecular weight is 213 g/mol. The minimum atomic E-state index is -0.391. The van der Waals surface area contributed by atoms with Crippen LogP contribution in [0.2, 0.25) is 0 Å². The van der Waals surface area contributed by atoms with Gasteiger partial charge in [-0.2, -0.15) is 0 Å². The average Bonchev–Trinajstić information content (AvgIpc) is 2.20. The summed E-state index contributed by atoms with van der Waals surface area (Å²) in [6, 6.07) is 0. The van der Waals surface area contributed by atoms with Gasteiger partial charge in [-0.05, 0) is 19.5 Å². The van der Waals surface area contributed by atoms with Gasteiger partial charge in [0.05, 0.1) is 0 Å². The molecule has 0 aliphatic carbocycles. The molecule has 0 aromatic carbocycles. The third-order valence-corrected chi connectivity index (χ3v) is 2.61. The van der Waals surface area contributed by atoms with Crippen molar-refractivity contribution < 1.29 is 9.59 Å². The lowest BCUT2D eigenvalue weighted by Gasteiger charge is -2.33. The molecule has 2 amide bonds. The molecule has 1 unspecified atom stereocenters. The van der Waals surface area contributed by atoms with Crippen LogP contribution in [0.25, 0.3) is 0 Å². The van der Waals surface area contributed by atoms with Crippen LogP contribution in [0.3, 0.4) is 0 Å². The van der Waals surface area contributed by atoms with E-state index in [9.17, 15) is 9.59 Å². The van der Waals surface area contributed by atoms with Gasteiger partial charge in [0.1, 0.15) is 0 Å². The van der Waals surface area contributed by atoms with Gasteiger partial charge in [0, 0.05) is 26.7 Å². The Labute approximate surface area is 90.4 Å². The van der Waals surface area contributed by atoms with Gasteiger partial charge < -0.3 is 15.1 Å². The fraction of sp³-hybridized carbons (Fsp3) is 0.800. The zero-order chi connectivity index (χ0) is 11.4. The number of piperazine rings is 1. The quantitative estimate of drug-likeness (QED) is 0.618. The van der Waals surface area contributed by atoms with E-state index in [0.717, 1.165) is 6.54 Å². The molecule has 1 aliphatic rings. The molecular formula is C10H19N3O2. The summed E-state index contributed by atoms with van der Waals surface area (Å²) in [7, 11) is 3.54. The Morgan fingerprint density at radius 3 is 2.60 bits per heavy atom. The summed E-state index contributed by atoms with van der Waals surface area (Å²) in [5, 5.41) is 3.06. The summed E-state index contributed by atoms with van der Waals surface area (Å²) in [5.41, 5.74) is 0. The molecule has 5 nitrogen and oxygen atoms in total. The van der Waals surface area contributed by atoms with E-state index in [1.807, 2.05) is 7.05 Å². The zero-order valence-corrected chi connectivity index (χ0v) is 9.62. The van der Waals surface area contributed by atoms with Crippen molar-refractivity contribution >= 4 is 11.8 Å². The highest BCUT2D eigenvalue weighted by molar-refractivity contribution is 6.35. The molecular weight excluding hydrogens is 194 g/mol. The number of nitrogens with zero attached hydrogens (tertiary/aromatic N) is 2. The first-order valence-electron chi connectivity index (χ1n) is 5.25. The number of rotatable bonds is 4. The molecule has 1 saturated heterocycles. The molecule has 1 aliphatic heterocycles. The standard InChI is InChI=1S/C10H19N3O2/c1-8(6-11-2)7-13-5-4-12(3)9(14)10(13)15/h8,11H,4-7H2,1-3H3. The van der Waals surface area contributed by atoms with Crippen LogP contribution in [0.5, 0.6) is 0 Å². The Kier molecular flexibility index (Phi) is 4.08. The third-order valence-electron chi connectivity index (χ3n) is 2.61. The van der Waals surface area contributed by atoms with Crippen LogP contribution in [-0.4, -0.2) is 61.9 Å². The summed E-state index contributed by atoms with van der Waals surface area (Å²) >= 11 is 0. The van der Waals surface area contributed by atoms with Gasteiger partial charge in [-0.15, -0.1) is 0 Å². The second-order valence-corrected chi connectivity index (χ2v) is 4.14. The number of likely N-dealkylation sites (N-methyl/N-ethyl adjacent to an activating group) is 1. The van der Waals surface area contributed by atoms with Gasteiger partial charge in [0.15, 0.2) is 0 Å². The smallest absolute Gasteiger partial charge is 0.312 e. The fourth-order valence-corrected chi connectivity index (χ4v) is 1.74. The second-order valence-electron chi connectivity index (χ2n) is 4.14. The first-order chi connectivity index (χ1) is 7.06. The monoisotopic (exact) mass is 213 g/mol. The molecule has 1 fully saturated rings. The van der Waals surface area contributed by atoms with Gasteiger partial charge in [0.2, 0.25) is 0 Å². The van der Waals surface area contributed by atoms with Crippen molar-refractivity contribution in [1.82, 2.24) is 15.1 Å². The van der Waals surface area contributed by atoms with Crippen LogP contribution in [0.1, 0.15) is 6.92 Å². The highest BCUT2D eigenvalue weighted by atomic mass is 16.2. The number of hydrogen-bond acceptors (Lipinski definition) is 3. The molecule has 0 bridgehead atoms. The molecule has 0 aromatic rings. The van der Waals surface area contributed by atoms with Crippen LogP contribution in [-0.2, 0) is 9.59 Å². The van der Waals surface area contributed by atoms with E-state index in [1.54, 1.807) is 11.9 Å². The molecule has 0 radical (unpaired) electrons. The van der Waals surface area contributed by atoms with Crippen LogP contribution >= 0.6 is 0 Å². The predicted octanol–water partition coefficient (Wildman–Crippen LogP) is -0.857. The van der Waals surface area contributed by atoms with E-state index >= 15 is 0 Å². The van der Waals surface area contributed by atoms with Crippen LogP contribution in [0, 0.1) is 5.92 Å². The molecule has 86 valence electrons. The number of carbonyl (C=O) groups is 2. The number of nitrogens with one attached hydrogen (secondary N) is 1. The topological polar surface area (TPSA) is 52.6 Å². The Hall–Kier alpha value is -1.10. The Morgan fingerprint density at radius 1 is 1.33 bits per heavy atom. The maximum Gasteiger partial charge on any atom is 0.312 e. The molecule has 15 heavy (non-hydrogen) atoms. The lowest BCUT2D eigenvalue weighted by Crippen LogP contribution is -2.54. The van der Waals surface area contributed by atoms with Gasteiger partial charge >= 0.3 is 11.8 Å². The van der Waals surface area contributed by atoms with Crippen LogP contribution < -0.4 is 5.32 Å². The molecule has 0 aromatic heterocycles. The SMILES string of the molecule is CNCC(C)CN1CCN(C)C(=O)C1=O. The van der Waals surface area contributed by atoms with Gasteiger partial charge in [-0.25, -0.2) is 0 Å². The molecule has 1 atom stereocenters. The van der Waals surface area contributed by atoms with Crippen LogP contribution in [0.15, 0.2) is 0 Å². The highest BCUT2D eigenvalue weighted by Gasteiger charge is 2.30. The van der Waals surface area contributed by atoms with E-state index in [1.165, 1.54) is 4.90 Å². The summed E-state index contributed by atoms with van der Waals surface area (Å²) in [6.45, 7) is 4.85. The predicted molar refractivity (Wildman–Crippen MR) is 57.3 cm³/mol. The molecule has 5 heteroatoms. The summed E-state index contributed by atoms with van der Waals surface area (Å²) in [4.78, 5) is 26.1. The molecule has 1 heterocycles. The van der Waals surface area contributed by atoms with Gasteiger partial charge in [-0.3, -0.25) is 9.59 Å². The maximum atomic E-state index is 11.6. The van der Waals surface area contributed by atoms with E-state index in [-0.39, 0.29) is 5.91 Å². The normalized spacial score (nSPS) is 19.7. The van der Waals surface area contributed by atoms with Crippen molar-refractivity contribution in [2.45, 2.75) is 6.92 Å². The van der Waals surface area contributed by atoms with Crippen LogP contribution in [0.4, 0.5) is 0 Å². The Morgan fingerprint density at radius 2 is 2.00 bits per heavy atom. The number of hydrogen-bond donors (Lipinski definition) is 1. The Bertz CT molecular complexity index is 255. The Balaban J connectivity index is 2.49. The largest absolute Gasteiger partial charge is 0.336 e. The maximum absolute atomic E-state index is 11.6. The van der Waals surface area contributed by atoms with Crippen molar-refractivity contribution in [3.8, 4) is 0 Å². The first kappa shape index (κ1) is 12.0. The van der Waals surface area contributed by atoms with Gasteiger partial charge in [-0.1, -0.05) is 6.92 Å². The minimum absolute atomic E-state index is 0.369. The lowest BCUT2D eigenvalue weighted by molar-refractivity contribution is -0.155. The van der Waals surface area contributed by atoms with Crippen molar-refractivity contribution in [2.75, 3.05) is 40.3 Å². The first-order valence-corrected chi connectivity index (χ1v) is 5.25. The minimum Gasteiger partial charge on any atom is -0.336 e. The van der Waals surface area contributed by atoms with Gasteiger partial charge in [0.25, 0.3) is 0 Å². The van der Waals surface area contributed by atoms with E-state index in [0.29, 0.717) is 25.6 Å². The van der Waals surface area contributed by atoms with E-state index in [2.05, 4.69) is 12.2 Å². The summed E-state index contributed by atoms with van der Waals surface area (Å²) < 4.78 is 0. The summed E-state index contributed by atoms with van der Waals surface area (Å²) in [6.07, 6.45) is 0. The number of amides is 2. The fourth-order valence-electron chi connectivity index (χ4n) is 1.74. The highest BCUT2D eigenvalue weighted by Crippen LogP contribution is 2.06. The number of carbonyl (C=O) groups excluding carboxylic acids is 2. The molecule has 1 rings (SSSR count). The molecule has 0 spiro atoms. The second kappa shape index (κ2) is 5.11. The van der Waals surface area contributed by atoms with Crippen molar-refractivity contribution in [1.29, 1.82) is 0 Å². The van der Waals surface area contributed by atoms with Crippen molar-refractivity contribution in [2.24, 2.45) is 5.92 Å². The summed E-state index contributed by atoms with van der Waals surface area (Å²) in [5.74, 6) is -0.389. The van der Waals surface area contributed by atoms with E-state index in [4.69, 9.17) is 0 Å².